The lowest BCUT2D eigenvalue weighted by Gasteiger charge is -2.06. The fourth-order valence-electron chi connectivity index (χ4n) is 1.57. The predicted molar refractivity (Wildman–Crippen MR) is 74.2 cm³/mol. The SMILES string of the molecule is Cl.ClCc1ccc(Cl)c(CCn2ccnc2)c1. The van der Waals surface area contributed by atoms with E-state index >= 15 is 0 Å². The van der Waals surface area contributed by atoms with Crippen LogP contribution < -0.4 is 0 Å². The summed E-state index contributed by atoms with van der Waals surface area (Å²) in [6, 6.07) is 5.92. The summed E-state index contributed by atoms with van der Waals surface area (Å²) in [4.78, 5) is 4.00. The molecule has 0 saturated heterocycles. The summed E-state index contributed by atoms with van der Waals surface area (Å²) in [6.07, 6.45) is 6.41. The van der Waals surface area contributed by atoms with Crippen LogP contribution in [0.25, 0.3) is 0 Å². The van der Waals surface area contributed by atoms with E-state index < -0.39 is 0 Å². The van der Waals surface area contributed by atoms with Crippen molar-refractivity contribution in [2.75, 3.05) is 0 Å². The van der Waals surface area contributed by atoms with Crippen molar-refractivity contribution in [2.24, 2.45) is 0 Å². The molecule has 0 spiro atoms. The largest absolute Gasteiger partial charge is 0.337 e. The molecule has 2 rings (SSSR count). The van der Waals surface area contributed by atoms with Crippen LogP contribution in [0, 0.1) is 0 Å². The van der Waals surface area contributed by atoms with Crippen LogP contribution in [0.5, 0.6) is 0 Å². The highest BCUT2D eigenvalue weighted by molar-refractivity contribution is 6.31. The van der Waals surface area contributed by atoms with Gasteiger partial charge in [0.2, 0.25) is 0 Å². The van der Waals surface area contributed by atoms with Gasteiger partial charge in [-0.3, -0.25) is 0 Å². The molecular formula is C12H13Cl3N2. The molecule has 1 aromatic heterocycles. The van der Waals surface area contributed by atoms with Gasteiger partial charge in [-0.1, -0.05) is 23.7 Å². The number of rotatable bonds is 4. The maximum absolute atomic E-state index is 6.13. The van der Waals surface area contributed by atoms with Gasteiger partial charge in [-0.25, -0.2) is 4.98 Å². The highest BCUT2D eigenvalue weighted by atomic mass is 35.5. The fraction of sp³-hybridized carbons (Fsp3) is 0.250. The van der Waals surface area contributed by atoms with Gasteiger partial charge < -0.3 is 4.57 Å². The lowest BCUT2D eigenvalue weighted by atomic mass is 10.1. The van der Waals surface area contributed by atoms with Gasteiger partial charge >= 0.3 is 0 Å². The standard InChI is InChI=1S/C12H12Cl2N2.ClH/c13-8-10-1-2-12(14)11(7-10)3-5-16-6-4-15-9-16;/h1-2,4,6-7,9H,3,5,8H2;1H. The number of aryl methyl sites for hydroxylation is 2. The number of nitrogens with zero attached hydrogens (tertiary/aromatic N) is 2. The monoisotopic (exact) mass is 290 g/mol. The van der Waals surface area contributed by atoms with Crippen LogP contribution in [0.15, 0.2) is 36.9 Å². The summed E-state index contributed by atoms with van der Waals surface area (Å²) in [5.74, 6) is 0.523. The smallest absolute Gasteiger partial charge is 0.0946 e. The Morgan fingerprint density at radius 3 is 2.76 bits per heavy atom. The van der Waals surface area contributed by atoms with E-state index in [9.17, 15) is 0 Å². The molecule has 0 N–H and O–H groups in total. The molecule has 1 aromatic carbocycles. The van der Waals surface area contributed by atoms with Gasteiger partial charge in [-0.15, -0.1) is 24.0 Å². The summed E-state index contributed by atoms with van der Waals surface area (Å²) in [7, 11) is 0. The second kappa shape index (κ2) is 6.90. The maximum Gasteiger partial charge on any atom is 0.0946 e. The average molecular weight is 292 g/mol. The molecule has 0 unspecified atom stereocenters. The van der Waals surface area contributed by atoms with Gasteiger partial charge in [0, 0.05) is 29.8 Å². The van der Waals surface area contributed by atoms with Gasteiger partial charge in [0.1, 0.15) is 0 Å². The summed E-state index contributed by atoms with van der Waals surface area (Å²) in [6.45, 7) is 0.880. The molecule has 2 aromatic rings. The molecule has 0 aliphatic heterocycles. The lowest BCUT2D eigenvalue weighted by Crippen LogP contribution is -1.99. The van der Waals surface area contributed by atoms with Crippen LogP contribution in [0.2, 0.25) is 5.02 Å². The van der Waals surface area contributed by atoms with Crippen molar-refractivity contribution >= 4 is 35.6 Å². The van der Waals surface area contributed by atoms with Crippen molar-refractivity contribution in [3.63, 3.8) is 0 Å². The third kappa shape index (κ3) is 3.91. The fourth-order valence-corrected chi connectivity index (χ4v) is 1.95. The Balaban J connectivity index is 0.00000144. The van der Waals surface area contributed by atoms with Crippen LogP contribution in [0.3, 0.4) is 0 Å². The Bertz CT molecular complexity index is 455. The van der Waals surface area contributed by atoms with Crippen molar-refractivity contribution in [1.82, 2.24) is 9.55 Å². The highest BCUT2D eigenvalue weighted by Gasteiger charge is 2.02. The molecule has 0 fully saturated rings. The van der Waals surface area contributed by atoms with Crippen molar-refractivity contribution in [2.45, 2.75) is 18.8 Å². The molecule has 5 heteroatoms. The number of hydrogen-bond donors (Lipinski definition) is 0. The first-order chi connectivity index (χ1) is 7.79. The van der Waals surface area contributed by atoms with Gasteiger partial charge in [0.15, 0.2) is 0 Å². The van der Waals surface area contributed by atoms with Gasteiger partial charge in [0.25, 0.3) is 0 Å². The van der Waals surface area contributed by atoms with Crippen LogP contribution in [0.1, 0.15) is 11.1 Å². The molecular weight excluding hydrogens is 279 g/mol. The summed E-state index contributed by atoms with van der Waals surface area (Å²) >= 11 is 11.9. The third-order valence-corrected chi connectivity index (χ3v) is 3.14. The summed E-state index contributed by atoms with van der Waals surface area (Å²) < 4.78 is 2.03. The van der Waals surface area contributed by atoms with Crippen LogP contribution in [0.4, 0.5) is 0 Å². The molecule has 0 amide bonds. The van der Waals surface area contributed by atoms with Crippen molar-refractivity contribution in [3.05, 3.63) is 53.1 Å². The third-order valence-electron chi connectivity index (χ3n) is 2.46. The Morgan fingerprint density at radius 2 is 2.12 bits per heavy atom. The molecule has 17 heavy (non-hydrogen) atoms. The summed E-state index contributed by atoms with van der Waals surface area (Å²) in [5, 5.41) is 0.800. The normalized spacial score (nSPS) is 10.0. The molecule has 0 bridgehead atoms. The van der Waals surface area contributed by atoms with E-state index in [0.29, 0.717) is 5.88 Å². The second-order valence-corrected chi connectivity index (χ2v) is 4.28. The first-order valence-corrected chi connectivity index (χ1v) is 6.00. The average Bonchev–Trinajstić information content (AvgIpc) is 2.81. The van der Waals surface area contributed by atoms with E-state index in [0.717, 1.165) is 29.1 Å². The minimum absolute atomic E-state index is 0. The second-order valence-electron chi connectivity index (χ2n) is 3.61. The van der Waals surface area contributed by atoms with Crippen molar-refractivity contribution in [3.8, 4) is 0 Å². The Hall–Kier alpha value is -0.700. The van der Waals surface area contributed by atoms with Gasteiger partial charge in [0.05, 0.1) is 6.33 Å². The van der Waals surface area contributed by atoms with E-state index in [1.165, 1.54) is 0 Å². The van der Waals surface area contributed by atoms with Crippen LogP contribution in [-0.2, 0) is 18.8 Å². The quantitative estimate of drug-likeness (QED) is 0.780. The zero-order chi connectivity index (χ0) is 11.4. The van der Waals surface area contributed by atoms with Crippen molar-refractivity contribution in [1.29, 1.82) is 0 Å². The molecule has 0 aliphatic rings. The Kier molecular flexibility index (Phi) is 5.83. The topological polar surface area (TPSA) is 17.8 Å². The number of aromatic nitrogens is 2. The minimum Gasteiger partial charge on any atom is -0.337 e. The number of benzene rings is 1. The van der Waals surface area contributed by atoms with E-state index in [1.807, 2.05) is 22.9 Å². The minimum atomic E-state index is 0. The Labute approximate surface area is 117 Å². The molecule has 2 nitrogen and oxygen atoms in total. The summed E-state index contributed by atoms with van der Waals surface area (Å²) in [5.41, 5.74) is 2.24. The van der Waals surface area contributed by atoms with Crippen LogP contribution in [-0.4, -0.2) is 9.55 Å². The van der Waals surface area contributed by atoms with E-state index in [-0.39, 0.29) is 12.4 Å². The predicted octanol–water partition coefficient (Wildman–Crippen LogP) is 3.94. The van der Waals surface area contributed by atoms with E-state index in [1.54, 1.807) is 12.5 Å². The number of alkyl halides is 1. The van der Waals surface area contributed by atoms with Gasteiger partial charge in [-0.2, -0.15) is 0 Å². The number of hydrogen-bond acceptors (Lipinski definition) is 1. The molecule has 0 saturated carbocycles. The maximum atomic E-state index is 6.13. The molecule has 0 atom stereocenters. The highest BCUT2D eigenvalue weighted by Crippen LogP contribution is 2.19. The zero-order valence-corrected chi connectivity index (χ0v) is 11.5. The van der Waals surface area contributed by atoms with E-state index in [4.69, 9.17) is 23.2 Å². The molecule has 0 aliphatic carbocycles. The first kappa shape index (κ1) is 14.4. The zero-order valence-electron chi connectivity index (χ0n) is 9.14. The molecule has 0 radical (unpaired) electrons. The first-order valence-electron chi connectivity index (χ1n) is 5.08. The van der Waals surface area contributed by atoms with Crippen LogP contribution >= 0.6 is 35.6 Å². The van der Waals surface area contributed by atoms with E-state index in [2.05, 4.69) is 11.1 Å². The van der Waals surface area contributed by atoms with Crippen molar-refractivity contribution < 1.29 is 0 Å². The molecule has 1 heterocycles. The lowest BCUT2D eigenvalue weighted by molar-refractivity contribution is 0.695. The number of imidazole rings is 1. The van der Waals surface area contributed by atoms with Gasteiger partial charge in [-0.05, 0) is 23.6 Å². The number of halogens is 3. The molecule has 92 valence electrons. The Morgan fingerprint density at radius 1 is 1.29 bits per heavy atom.